The molecule has 102 valence electrons. The maximum Gasteiger partial charge on any atom is 0.120 e. The molecule has 0 aromatic heterocycles. The summed E-state index contributed by atoms with van der Waals surface area (Å²) in [5, 5.41) is 12.8. The molecule has 19 heavy (non-hydrogen) atoms. The summed E-state index contributed by atoms with van der Waals surface area (Å²) in [5.74, 6) is 0.413. The fraction of sp³-hybridized carbons (Fsp3) is 0.444. The first-order valence-corrected chi connectivity index (χ1v) is 6.88. The standard InChI is InChI=1S/C18H24O/c1-17(2,3)15-13-10-8-7-9-12(13)11-14(19)16(15)18(4,5)6/h7-11,19H,1-6H3. The Bertz CT molecular complexity index is 610. The smallest absolute Gasteiger partial charge is 0.120 e. The van der Waals surface area contributed by atoms with Gasteiger partial charge >= 0.3 is 0 Å². The molecule has 0 aliphatic carbocycles. The number of rotatable bonds is 0. The second-order valence-corrected chi connectivity index (χ2v) is 7.37. The highest BCUT2D eigenvalue weighted by molar-refractivity contribution is 5.90. The average Bonchev–Trinajstić information content (AvgIpc) is 2.24. The highest BCUT2D eigenvalue weighted by Gasteiger charge is 2.29. The van der Waals surface area contributed by atoms with Gasteiger partial charge in [0.25, 0.3) is 0 Å². The summed E-state index contributed by atoms with van der Waals surface area (Å²) < 4.78 is 0. The molecular formula is C18H24O. The SMILES string of the molecule is CC(C)(C)c1c(O)cc2ccccc2c1C(C)(C)C. The van der Waals surface area contributed by atoms with Gasteiger partial charge in [-0.2, -0.15) is 0 Å². The van der Waals surface area contributed by atoms with Gasteiger partial charge in [-0.15, -0.1) is 0 Å². The average molecular weight is 256 g/mol. The fourth-order valence-corrected chi connectivity index (χ4v) is 2.87. The van der Waals surface area contributed by atoms with Crippen LogP contribution in [0, 0.1) is 0 Å². The molecule has 0 fully saturated rings. The van der Waals surface area contributed by atoms with E-state index in [1.807, 2.05) is 12.1 Å². The Balaban J connectivity index is 2.99. The molecule has 0 saturated carbocycles. The van der Waals surface area contributed by atoms with Crippen LogP contribution >= 0.6 is 0 Å². The van der Waals surface area contributed by atoms with Gasteiger partial charge in [-0.3, -0.25) is 0 Å². The van der Waals surface area contributed by atoms with Crippen molar-refractivity contribution in [2.45, 2.75) is 52.4 Å². The molecule has 0 radical (unpaired) electrons. The third-order valence-electron chi connectivity index (χ3n) is 3.53. The topological polar surface area (TPSA) is 20.2 Å². The minimum absolute atomic E-state index is 0.000949. The lowest BCUT2D eigenvalue weighted by atomic mass is 9.72. The van der Waals surface area contributed by atoms with E-state index in [1.54, 1.807) is 0 Å². The summed E-state index contributed by atoms with van der Waals surface area (Å²) in [7, 11) is 0. The molecule has 0 bridgehead atoms. The van der Waals surface area contributed by atoms with Crippen LogP contribution in [-0.2, 0) is 10.8 Å². The van der Waals surface area contributed by atoms with Crippen LogP contribution in [0.15, 0.2) is 30.3 Å². The van der Waals surface area contributed by atoms with Crippen LogP contribution in [0.25, 0.3) is 10.8 Å². The van der Waals surface area contributed by atoms with Crippen molar-refractivity contribution in [1.82, 2.24) is 0 Å². The van der Waals surface area contributed by atoms with Gasteiger partial charge in [0.2, 0.25) is 0 Å². The number of phenolic OH excluding ortho intramolecular Hbond substituents is 1. The minimum Gasteiger partial charge on any atom is -0.508 e. The third-order valence-corrected chi connectivity index (χ3v) is 3.53. The Morgan fingerprint density at radius 1 is 0.789 bits per heavy atom. The van der Waals surface area contributed by atoms with Gasteiger partial charge in [0.15, 0.2) is 0 Å². The first kappa shape index (κ1) is 13.9. The van der Waals surface area contributed by atoms with Gasteiger partial charge in [-0.05, 0) is 33.2 Å². The lowest BCUT2D eigenvalue weighted by molar-refractivity contribution is 0.437. The maximum atomic E-state index is 10.5. The van der Waals surface area contributed by atoms with Gasteiger partial charge in [0.1, 0.15) is 5.75 Å². The van der Waals surface area contributed by atoms with E-state index in [0.29, 0.717) is 5.75 Å². The first-order chi connectivity index (χ1) is 8.62. The van der Waals surface area contributed by atoms with E-state index < -0.39 is 0 Å². The van der Waals surface area contributed by atoms with E-state index in [4.69, 9.17) is 0 Å². The Morgan fingerprint density at radius 2 is 1.32 bits per heavy atom. The molecule has 0 spiro atoms. The van der Waals surface area contributed by atoms with E-state index in [2.05, 4.69) is 59.7 Å². The number of phenols is 1. The van der Waals surface area contributed by atoms with Crippen molar-refractivity contribution in [3.63, 3.8) is 0 Å². The minimum atomic E-state index is -0.0727. The van der Waals surface area contributed by atoms with Crippen LogP contribution in [-0.4, -0.2) is 5.11 Å². The van der Waals surface area contributed by atoms with E-state index in [9.17, 15) is 5.11 Å². The predicted octanol–water partition coefficient (Wildman–Crippen LogP) is 5.14. The monoisotopic (exact) mass is 256 g/mol. The van der Waals surface area contributed by atoms with Gasteiger partial charge in [-0.1, -0.05) is 65.8 Å². The molecule has 0 amide bonds. The summed E-state index contributed by atoms with van der Waals surface area (Å²) in [4.78, 5) is 0. The lowest BCUT2D eigenvalue weighted by Crippen LogP contribution is -2.22. The van der Waals surface area contributed by atoms with E-state index in [1.165, 1.54) is 10.9 Å². The highest BCUT2D eigenvalue weighted by Crippen LogP contribution is 2.43. The summed E-state index contributed by atoms with van der Waals surface area (Å²) >= 11 is 0. The molecule has 1 nitrogen and oxygen atoms in total. The van der Waals surface area contributed by atoms with E-state index in [-0.39, 0.29) is 10.8 Å². The van der Waals surface area contributed by atoms with Crippen LogP contribution in [0.1, 0.15) is 52.7 Å². The van der Waals surface area contributed by atoms with Gasteiger partial charge < -0.3 is 5.11 Å². The molecule has 0 aliphatic rings. The number of benzene rings is 2. The molecule has 2 aromatic carbocycles. The zero-order valence-electron chi connectivity index (χ0n) is 12.8. The lowest BCUT2D eigenvalue weighted by Gasteiger charge is -2.32. The third kappa shape index (κ3) is 2.47. The summed E-state index contributed by atoms with van der Waals surface area (Å²) in [6.07, 6.45) is 0. The zero-order valence-corrected chi connectivity index (χ0v) is 12.8. The largest absolute Gasteiger partial charge is 0.508 e. The summed E-state index contributed by atoms with van der Waals surface area (Å²) in [5.41, 5.74) is 2.26. The molecule has 2 rings (SSSR count). The van der Waals surface area contributed by atoms with Gasteiger partial charge in [0.05, 0.1) is 0 Å². The summed E-state index contributed by atoms with van der Waals surface area (Å²) in [6, 6.07) is 10.2. The van der Waals surface area contributed by atoms with Crippen molar-refractivity contribution in [2.24, 2.45) is 0 Å². The molecule has 0 unspecified atom stereocenters. The van der Waals surface area contributed by atoms with Crippen LogP contribution in [0.4, 0.5) is 0 Å². The Kier molecular flexibility index (Phi) is 3.12. The fourth-order valence-electron chi connectivity index (χ4n) is 2.87. The molecule has 0 heterocycles. The first-order valence-electron chi connectivity index (χ1n) is 6.88. The predicted molar refractivity (Wildman–Crippen MR) is 83.0 cm³/mol. The molecule has 1 N–H and O–H groups in total. The van der Waals surface area contributed by atoms with E-state index in [0.717, 1.165) is 10.9 Å². The van der Waals surface area contributed by atoms with Crippen LogP contribution in [0.5, 0.6) is 5.75 Å². The van der Waals surface area contributed by atoms with Crippen molar-refractivity contribution >= 4 is 10.8 Å². The number of fused-ring (bicyclic) bond motifs is 1. The second kappa shape index (κ2) is 4.26. The number of hydrogen-bond acceptors (Lipinski definition) is 1. The Morgan fingerprint density at radius 3 is 1.84 bits per heavy atom. The van der Waals surface area contributed by atoms with Crippen molar-refractivity contribution in [3.8, 4) is 5.75 Å². The van der Waals surface area contributed by atoms with Crippen molar-refractivity contribution in [1.29, 1.82) is 0 Å². The zero-order chi connectivity index (χ0) is 14.4. The van der Waals surface area contributed by atoms with Crippen LogP contribution < -0.4 is 0 Å². The van der Waals surface area contributed by atoms with Crippen molar-refractivity contribution in [3.05, 3.63) is 41.5 Å². The van der Waals surface area contributed by atoms with Crippen molar-refractivity contribution in [2.75, 3.05) is 0 Å². The Hall–Kier alpha value is -1.50. The van der Waals surface area contributed by atoms with Crippen LogP contribution in [0.3, 0.4) is 0 Å². The molecule has 0 atom stereocenters. The molecule has 2 aromatic rings. The Labute approximate surface area is 116 Å². The molecular weight excluding hydrogens is 232 g/mol. The van der Waals surface area contributed by atoms with E-state index >= 15 is 0 Å². The number of hydrogen-bond donors (Lipinski definition) is 1. The highest BCUT2D eigenvalue weighted by atomic mass is 16.3. The van der Waals surface area contributed by atoms with Crippen molar-refractivity contribution < 1.29 is 5.11 Å². The molecule has 1 heteroatoms. The molecule has 0 aliphatic heterocycles. The van der Waals surface area contributed by atoms with Gasteiger partial charge in [0, 0.05) is 5.56 Å². The normalized spacial score (nSPS) is 12.9. The second-order valence-electron chi connectivity index (χ2n) is 7.37. The maximum absolute atomic E-state index is 10.5. The summed E-state index contributed by atoms with van der Waals surface area (Å²) in [6.45, 7) is 13.1. The van der Waals surface area contributed by atoms with Crippen LogP contribution in [0.2, 0.25) is 0 Å². The number of aromatic hydroxyl groups is 1. The quantitative estimate of drug-likeness (QED) is 0.692. The van der Waals surface area contributed by atoms with Gasteiger partial charge in [-0.25, -0.2) is 0 Å². The molecule has 0 saturated heterocycles.